The monoisotopic (exact) mass is 516 g/mol. The van der Waals surface area contributed by atoms with E-state index in [4.69, 9.17) is 56.5 Å². The SMILES string of the molecule is [2H]C([2H])(OP1(=O)OCc2cc(Cl)ccc2O1)[C@@]1(F)O[C@@H](n2cc(Cl)c(=S)[nH]c2=O)[C@H](O)[C@@H]1O. The quantitative estimate of drug-likeness (QED) is 0.414. The van der Waals surface area contributed by atoms with Crippen LogP contribution in [0.15, 0.2) is 29.2 Å². The third-order valence-corrected chi connectivity index (χ3v) is 6.53. The average Bonchev–Trinajstić information content (AvgIpc) is 2.96. The number of ether oxygens (including phenoxy) is 1. The predicted octanol–water partition coefficient (Wildman–Crippen LogP) is 2.86. The van der Waals surface area contributed by atoms with Crippen molar-refractivity contribution in [3.8, 4) is 5.75 Å². The molecule has 1 aromatic heterocycles. The van der Waals surface area contributed by atoms with Crippen LogP contribution in [0.3, 0.4) is 0 Å². The van der Waals surface area contributed by atoms with Gasteiger partial charge in [0.2, 0.25) is 0 Å². The van der Waals surface area contributed by atoms with Gasteiger partial charge in [-0.05, 0) is 18.2 Å². The molecule has 4 rings (SSSR count). The molecule has 0 amide bonds. The van der Waals surface area contributed by atoms with E-state index in [1.165, 1.54) is 18.2 Å². The van der Waals surface area contributed by atoms with Gasteiger partial charge in [0.15, 0.2) is 6.23 Å². The zero-order valence-electron chi connectivity index (χ0n) is 17.0. The molecule has 0 aliphatic carbocycles. The Bertz CT molecular complexity index is 1280. The van der Waals surface area contributed by atoms with Gasteiger partial charge in [-0.25, -0.2) is 13.8 Å². The third-order valence-electron chi connectivity index (χ3n) is 4.39. The number of halogens is 3. The topological polar surface area (TPSA) is 132 Å². The summed E-state index contributed by atoms with van der Waals surface area (Å²) < 4.78 is 64.6. The molecule has 1 aromatic carbocycles. The van der Waals surface area contributed by atoms with Crippen LogP contribution in [0.5, 0.6) is 5.75 Å². The minimum atomic E-state index is -4.78. The molecule has 1 saturated heterocycles. The maximum absolute atomic E-state index is 15.7. The van der Waals surface area contributed by atoms with Crippen LogP contribution in [-0.4, -0.2) is 44.4 Å². The Kier molecular flexibility index (Phi) is 5.37. The van der Waals surface area contributed by atoms with Crippen molar-refractivity contribution in [3.05, 3.63) is 55.1 Å². The standard InChI is InChI=1S/C16H14Cl2FN2O8PS/c17-8-1-2-10-7(3-8)5-26-30(25,29-10)27-6-16(19)12(23)11(22)14(28-16)21-4-9(18)13(31)20-15(21)24/h1-4,11-12,14,22-23H,5-6H2,(H,20,24,31)/t11-,12+,14-,16-,30?/m1/s1/i6D2. The van der Waals surface area contributed by atoms with Crippen LogP contribution in [-0.2, 0) is 25.0 Å². The fraction of sp³-hybridized carbons (Fsp3) is 0.375. The molecule has 0 saturated carbocycles. The fourth-order valence-electron chi connectivity index (χ4n) is 2.85. The molecule has 1 unspecified atom stereocenters. The number of nitrogens with zero attached hydrogens (tertiary/aromatic N) is 1. The number of alkyl halides is 1. The first-order valence-corrected chi connectivity index (χ1v) is 11.1. The molecule has 15 heteroatoms. The minimum Gasteiger partial charge on any atom is -0.404 e. The van der Waals surface area contributed by atoms with Crippen LogP contribution in [0.1, 0.15) is 14.5 Å². The number of aromatic amines is 1. The van der Waals surface area contributed by atoms with Crippen LogP contribution in [0, 0.1) is 4.64 Å². The lowest BCUT2D eigenvalue weighted by molar-refractivity contribution is -0.205. The molecule has 2 aromatic rings. The number of aliphatic hydroxyl groups is 2. The number of rotatable bonds is 4. The molecule has 5 atom stereocenters. The number of aromatic nitrogens is 2. The number of hydrogen-bond acceptors (Lipinski definition) is 9. The molecule has 168 valence electrons. The van der Waals surface area contributed by atoms with E-state index in [2.05, 4.69) is 4.98 Å². The van der Waals surface area contributed by atoms with Gasteiger partial charge < -0.3 is 19.5 Å². The molecule has 3 heterocycles. The Balaban J connectivity index is 1.63. The molecule has 0 bridgehead atoms. The Morgan fingerprint density at radius 1 is 1.48 bits per heavy atom. The molecule has 2 aliphatic rings. The summed E-state index contributed by atoms with van der Waals surface area (Å²) >= 11 is 16.5. The van der Waals surface area contributed by atoms with Crippen molar-refractivity contribution in [1.82, 2.24) is 9.55 Å². The molecule has 1 fully saturated rings. The van der Waals surface area contributed by atoms with Crippen molar-refractivity contribution in [2.24, 2.45) is 0 Å². The summed E-state index contributed by atoms with van der Waals surface area (Å²) in [4.78, 5) is 14.3. The van der Waals surface area contributed by atoms with Gasteiger partial charge in [-0.3, -0.25) is 18.6 Å². The molecule has 3 N–H and O–H groups in total. The maximum atomic E-state index is 15.7. The zero-order chi connectivity index (χ0) is 24.3. The van der Waals surface area contributed by atoms with E-state index in [9.17, 15) is 19.6 Å². The molecular weight excluding hydrogens is 501 g/mol. The van der Waals surface area contributed by atoms with E-state index in [0.29, 0.717) is 15.2 Å². The molecular formula is C16H14Cl2FN2O8PS. The van der Waals surface area contributed by atoms with Gasteiger partial charge >= 0.3 is 13.5 Å². The van der Waals surface area contributed by atoms with Crippen LogP contribution < -0.4 is 10.2 Å². The van der Waals surface area contributed by atoms with E-state index >= 15 is 4.39 Å². The third kappa shape index (κ3) is 4.32. The highest BCUT2D eigenvalue weighted by Gasteiger charge is 2.57. The Hall–Kier alpha value is -1.34. The first kappa shape index (κ1) is 20.3. The van der Waals surface area contributed by atoms with Crippen molar-refractivity contribution in [2.75, 3.05) is 6.56 Å². The van der Waals surface area contributed by atoms with Crippen molar-refractivity contribution in [1.29, 1.82) is 0 Å². The van der Waals surface area contributed by atoms with E-state index in [0.717, 1.165) is 6.20 Å². The van der Waals surface area contributed by atoms with Crippen molar-refractivity contribution in [3.63, 3.8) is 0 Å². The van der Waals surface area contributed by atoms with E-state index in [1.807, 2.05) is 0 Å². The summed E-state index contributed by atoms with van der Waals surface area (Å²) in [5.41, 5.74) is -0.619. The maximum Gasteiger partial charge on any atom is 0.530 e. The van der Waals surface area contributed by atoms with Gasteiger partial charge in [-0.15, -0.1) is 0 Å². The summed E-state index contributed by atoms with van der Waals surface area (Å²) in [6.45, 7) is -4.08. The van der Waals surface area contributed by atoms with Crippen LogP contribution in [0.4, 0.5) is 4.39 Å². The highest BCUT2D eigenvalue weighted by molar-refractivity contribution is 7.71. The first-order chi connectivity index (χ1) is 15.3. The van der Waals surface area contributed by atoms with E-state index in [1.54, 1.807) is 0 Å². The predicted molar refractivity (Wildman–Crippen MR) is 107 cm³/mol. The summed E-state index contributed by atoms with van der Waals surface area (Å²) in [7, 11) is -4.78. The number of H-pyrrole nitrogens is 1. The Labute approximate surface area is 191 Å². The molecule has 2 aliphatic heterocycles. The molecule has 0 spiro atoms. The smallest absolute Gasteiger partial charge is 0.404 e. The number of phosphoric ester groups is 1. The van der Waals surface area contributed by atoms with Gasteiger partial charge in [-0.2, -0.15) is 0 Å². The van der Waals surface area contributed by atoms with Gasteiger partial charge in [0.05, 0.1) is 14.4 Å². The van der Waals surface area contributed by atoms with Gasteiger partial charge in [-0.1, -0.05) is 35.4 Å². The molecule has 0 radical (unpaired) electrons. The number of hydrogen-bond donors (Lipinski definition) is 3. The minimum absolute atomic E-state index is 0.00997. The van der Waals surface area contributed by atoms with Gasteiger partial charge in [0, 0.05) is 16.8 Å². The second-order valence-electron chi connectivity index (χ2n) is 6.49. The van der Waals surface area contributed by atoms with Crippen molar-refractivity contribution >= 4 is 43.2 Å². The highest BCUT2D eigenvalue weighted by atomic mass is 35.5. The summed E-state index contributed by atoms with van der Waals surface area (Å²) in [6.07, 6.45) is -5.83. The number of fused-ring (bicyclic) bond motifs is 1. The second kappa shape index (κ2) is 8.22. The van der Waals surface area contributed by atoms with Gasteiger partial charge in [0.1, 0.15) is 29.2 Å². The number of aliphatic hydroxyl groups excluding tert-OH is 2. The number of benzene rings is 1. The summed E-state index contributed by atoms with van der Waals surface area (Å²) in [6, 6.07) is 4.18. The van der Waals surface area contributed by atoms with Crippen LogP contribution in [0.2, 0.25) is 10.0 Å². The normalized spacial score (nSPS) is 33.9. The highest BCUT2D eigenvalue weighted by Crippen LogP contribution is 2.56. The van der Waals surface area contributed by atoms with Crippen LogP contribution in [0.25, 0.3) is 0 Å². The van der Waals surface area contributed by atoms with Crippen molar-refractivity contribution in [2.45, 2.75) is 30.9 Å². The van der Waals surface area contributed by atoms with Gasteiger partial charge in [0.25, 0.3) is 5.85 Å². The Morgan fingerprint density at radius 2 is 2.23 bits per heavy atom. The first-order valence-electron chi connectivity index (χ1n) is 9.43. The molecule has 31 heavy (non-hydrogen) atoms. The van der Waals surface area contributed by atoms with E-state index < -0.39 is 44.4 Å². The number of phosphoric acid groups is 1. The lowest BCUT2D eigenvalue weighted by atomic mass is 10.1. The Morgan fingerprint density at radius 3 is 2.97 bits per heavy atom. The second-order valence-corrected chi connectivity index (χ2v) is 9.26. The fourth-order valence-corrected chi connectivity index (χ4v) is 4.44. The summed E-state index contributed by atoms with van der Waals surface area (Å²) in [5, 5.41) is 20.7. The van der Waals surface area contributed by atoms with Crippen LogP contribution >= 0.6 is 43.2 Å². The molecule has 10 nitrogen and oxygen atoms in total. The van der Waals surface area contributed by atoms with Crippen molar-refractivity contribution < 1.29 is 40.2 Å². The lowest BCUT2D eigenvalue weighted by Crippen LogP contribution is -2.43. The van der Waals surface area contributed by atoms with E-state index in [-0.39, 0.29) is 22.0 Å². The largest absolute Gasteiger partial charge is 0.530 e. The lowest BCUT2D eigenvalue weighted by Gasteiger charge is -2.28. The zero-order valence-corrected chi connectivity index (χ0v) is 18.3. The number of nitrogens with one attached hydrogen (secondary N) is 1. The summed E-state index contributed by atoms with van der Waals surface area (Å²) in [5.74, 6) is -3.84. The average molecular weight is 517 g/mol.